The number of benzene rings is 4. The second kappa shape index (κ2) is 7.04. The van der Waals surface area contributed by atoms with Gasteiger partial charge in [0.1, 0.15) is 0 Å². The molecule has 4 aromatic carbocycles. The van der Waals surface area contributed by atoms with Crippen LogP contribution in [0.3, 0.4) is 0 Å². The number of anilines is 1. The number of rotatable bonds is 5. The molecule has 4 rings (SSSR count). The number of carbonyl (C=O) groups is 2. The van der Waals surface area contributed by atoms with E-state index in [1.54, 1.807) is 0 Å². The first-order valence-corrected chi connectivity index (χ1v) is 8.78. The van der Waals surface area contributed by atoms with Crippen LogP contribution >= 0.6 is 0 Å². The molecule has 0 saturated carbocycles. The van der Waals surface area contributed by atoms with Crippen LogP contribution in [0.1, 0.15) is 26.3 Å². The Balaban J connectivity index is 1.78. The minimum atomic E-state index is -1.17. The highest BCUT2D eigenvalue weighted by Gasteiger charge is 2.12. The topological polar surface area (TPSA) is 86.6 Å². The van der Waals surface area contributed by atoms with Crippen molar-refractivity contribution in [3.05, 3.63) is 89.5 Å². The molecule has 0 spiro atoms. The van der Waals surface area contributed by atoms with Gasteiger partial charge in [-0.2, -0.15) is 0 Å². The quantitative estimate of drug-likeness (QED) is 0.430. The molecule has 0 bridgehead atoms. The fourth-order valence-corrected chi connectivity index (χ4v) is 3.47. The van der Waals surface area contributed by atoms with E-state index in [4.69, 9.17) is 0 Å². The van der Waals surface area contributed by atoms with Gasteiger partial charge in [-0.05, 0) is 51.4 Å². The minimum absolute atomic E-state index is 0.0647. The van der Waals surface area contributed by atoms with Crippen LogP contribution in [0.25, 0.3) is 21.5 Å². The monoisotopic (exact) mass is 371 g/mol. The molecule has 0 amide bonds. The Morgan fingerprint density at radius 1 is 0.714 bits per heavy atom. The van der Waals surface area contributed by atoms with Gasteiger partial charge in [0, 0.05) is 12.2 Å². The summed E-state index contributed by atoms with van der Waals surface area (Å²) in [6.07, 6.45) is 0. The van der Waals surface area contributed by atoms with Gasteiger partial charge in [-0.15, -0.1) is 0 Å². The van der Waals surface area contributed by atoms with Crippen LogP contribution < -0.4 is 5.32 Å². The molecule has 0 heterocycles. The van der Waals surface area contributed by atoms with Crippen LogP contribution in [0.2, 0.25) is 0 Å². The summed E-state index contributed by atoms with van der Waals surface area (Å²) >= 11 is 0. The number of hydrogen-bond acceptors (Lipinski definition) is 3. The van der Waals surface area contributed by atoms with Crippen LogP contribution in [0.15, 0.2) is 72.8 Å². The molecule has 0 aromatic heterocycles. The van der Waals surface area contributed by atoms with Crippen LogP contribution in [0, 0.1) is 0 Å². The molecule has 138 valence electrons. The zero-order valence-electron chi connectivity index (χ0n) is 14.8. The third kappa shape index (κ3) is 3.25. The fraction of sp³-hybridized carbons (Fsp3) is 0.0435. The van der Waals surface area contributed by atoms with Crippen molar-refractivity contribution in [2.24, 2.45) is 0 Å². The van der Waals surface area contributed by atoms with Crippen LogP contribution in [-0.2, 0) is 6.54 Å². The lowest BCUT2D eigenvalue weighted by Gasteiger charge is -2.14. The lowest BCUT2D eigenvalue weighted by atomic mass is 9.96. The Labute approximate surface area is 160 Å². The van der Waals surface area contributed by atoms with Crippen molar-refractivity contribution in [3.8, 4) is 0 Å². The Hall–Kier alpha value is -3.86. The molecule has 0 saturated heterocycles. The van der Waals surface area contributed by atoms with E-state index in [0.29, 0.717) is 12.2 Å². The summed E-state index contributed by atoms with van der Waals surface area (Å²) < 4.78 is 0. The number of nitrogens with one attached hydrogen (secondary N) is 1. The van der Waals surface area contributed by atoms with E-state index in [0.717, 1.165) is 33.2 Å². The van der Waals surface area contributed by atoms with Crippen molar-refractivity contribution < 1.29 is 19.8 Å². The van der Waals surface area contributed by atoms with Gasteiger partial charge in [-0.3, -0.25) is 0 Å². The number of aromatic carboxylic acids is 2. The molecule has 28 heavy (non-hydrogen) atoms. The van der Waals surface area contributed by atoms with Crippen molar-refractivity contribution >= 4 is 39.2 Å². The summed E-state index contributed by atoms with van der Waals surface area (Å²) in [5.74, 6) is -2.33. The number of fused-ring (bicyclic) bond motifs is 2. The van der Waals surface area contributed by atoms with E-state index in [9.17, 15) is 19.8 Å². The SMILES string of the molecule is O=C(O)c1cc(NCc2c3ccccc3cc3ccccc23)cc(C(=O)O)c1. The zero-order chi connectivity index (χ0) is 19.7. The summed E-state index contributed by atoms with van der Waals surface area (Å²) in [5.41, 5.74) is 1.40. The van der Waals surface area contributed by atoms with E-state index in [2.05, 4.69) is 35.6 Å². The van der Waals surface area contributed by atoms with Crippen molar-refractivity contribution in [2.45, 2.75) is 6.54 Å². The standard InChI is InChI=1S/C23H17NO4/c25-22(26)16-10-17(23(27)28)12-18(11-16)24-13-21-19-7-3-1-5-14(19)9-15-6-2-4-8-20(15)21/h1-12,24H,13H2,(H,25,26)(H,27,28). The Morgan fingerprint density at radius 3 is 1.71 bits per heavy atom. The first-order chi connectivity index (χ1) is 13.5. The van der Waals surface area contributed by atoms with E-state index in [-0.39, 0.29) is 11.1 Å². The normalized spacial score (nSPS) is 10.9. The highest BCUT2D eigenvalue weighted by Crippen LogP contribution is 2.29. The largest absolute Gasteiger partial charge is 0.478 e. The predicted molar refractivity (Wildman–Crippen MR) is 109 cm³/mol. The lowest BCUT2D eigenvalue weighted by Crippen LogP contribution is -2.07. The van der Waals surface area contributed by atoms with E-state index in [1.807, 2.05) is 24.3 Å². The van der Waals surface area contributed by atoms with Gasteiger partial charge in [0.25, 0.3) is 0 Å². The zero-order valence-corrected chi connectivity index (χ0v) is 14.8. The van der Waals surface area contributed by atoms with Gasteiger partial charge in [0.2, 0.25) is 0 Å². The fourth-order valence-electron chi connectivity index (χ4n) is 3.47. The summed E-state index contributed by atoms with van der Waals surface area (Å²) in [5, 5.41) is 26.2. The highest BCUT2D eigenvalue weighted by atomic mass is 16.4. The predicted octanol–water partition coefficient (Wildman–Crippen LogP) is 5.00. The second-order valence-corrected chi connectivity index (χ2v) is 6.56. The lowest BCUT2D eigenvalue weighted by molar-refractivity contribution is 0.0696. The smallest absolute Gasteiger partial charge is 0.335 e. The molecule has 0 aliphatic carbocycles. The Morgan fingerprint density at radius 2 is 1.21 bits per heavy atom. The van der Waals surface area contributed by atoms with Crippen molar-refractivity contribution in [1.82, 2.24) is 0 Å². The molecule has 0 fully saturated rings. The molecule has 0 aliphatic rings. The number of carboxylic acids is 2. The van der Waals surface area contributed by atoms with Gasteiger partial charge >= 0.3 is 11.9 Å². The Bertz CT molecular complexity index is 1140. The maximum atomic E-state index is 11.3. The summed E-state index contributed by atoms with van der Waals surface area (Å²) in [4.78, 5) is 22.7. The molecule has 0 unspecified atom stereocenters. The minimum Gasteiger partial charge on any atom is -0.478 e. The molecule has 4 aromatic rings. The molecular weight excluding hydrogens is 354 g/mol. The molecule has 0 aliphatic heterocycles. The van der Waals surface area contributed by atoms with Gasteiger partial charge in [0.05, 0.1) is 11.1 Å². The van der Waals surface area contributed by atoms with E-state index < -0.39 is 11.9 Å². The number of hydrogen-bond donors (Lipinski definition) is 3. The maximum absolute atomic E-state index is 11.3. The van der Waals surface area contributed by atoms with Crippen LogP contribution in [0.4, 0.5) is 5.69 Å². The molecule has 5 nitrogen and oxygen atoms in total. The van der Waals surface area contributed by atoms with E-state index in [1.165, 1.54) is 12.1 Å². The van der Waals surface area contributed by atoms with Crippen molar-refractivity contribution in [2.75, 3.05) is 5.32 Å². The second-order valence-electron chi connectivity index (χ2n) is 6.56. The highest BCUT2D eigenvalue weighted by molar-refractivity contribution is 6.02. The van der Waals surface area contributed by atoms with Crippen molar-refractivity contribution in [3.63, 3.8) is 0 Å². The van der Waals surface area contributed by atoms with Gasteiger partial charge in [0.15, 0.2) is 0 Å². The molecular formula is C23H17NO4. The first-order valence-electron chi connectivity index (χ1n) is 8.78. The average Bonchev–Trinajstić information content (AvgIpc) is 2.70. The van der Waals surface area contributed by atoms with E-state index >= 15 is 0 Å². The maximum Gasteiger partial charge on any atom is 0.335 e. The number of carboxylic acid groups (broad SMARTS) is 2. The van der Waals surface area contributed by atoms with Crippen molar-refractivity contribution in [1.29, 1.82) is 0 Å². The third-order valence-corrected chi connectivity index (χ3v) is 4.78. The molecule has 5 heteroatoms. The molecule has 3 N–H and O–H groups in total. The summed E-state index contributed by atoms with van der Waals surface area (Å²) in [7, 11) is 0. The third-order valence-electron chi connectivity index (χ3n) is 4.78. The van der Waals surface area contributed by atoms with Crippen LogP contribution in [0.5, 0.6) is 0 Å². The molecule has 0 radical (unpaired) electrons. The van der Waals surface area contributed by atoms with Gasteiger partial charge in [-0.25, -0.2) is 9.59 Å². The van der Waals surface area contributed by atoms with Gasteiger partial charge < -0.3 is 15.5 Å². The molecule has 0 atom stereocenters. The summed E-state index contributed by atoms with van der Waals surface area (Å²) in [6, 6.07) is 22.3. The van der Waals surface area contributed by atoms with Gasteiger partial charge in [-0.1, -0.05) is 48.5 Å². The summed E-state index contributed by atoms with van der Waals surface area (Å²) in [6.45, 7) is 0.435. The average molecular weight is 371 g/mol. The van der Waals surface area contributed by atoms with Crippen LogP contribution in [-0.4, -0.2) is 22.2 Å². The Kier molecular flexibility index (Phi) is 4.41. The first kappa shape index (κ1) is 17.5.